The van der Waals surface area contributed by atoms with Gasteiger partial charge in [0.15, 0.2) is 0 Å². The summed E-state index contributed by atoms with van der Waals surface area (Å²) in [5, 5.41) is 13.3. The minimum Gasteiger partial charge on any atom is -0.480 e. The van der Waals surface area contributed by atoms with Gasteiger partial charge in [-0.3, -0.25) is 0 Å². The molecule has 0 unspecified atom stereocenters. The van der Waals surface area contributed by atoms with Crippen LogP contribution in [0.2, 0.25) is 0 Å². The summed E-state index contributed by atoms with van der Waals surface area (Å²) in [4.78, 5) is 22.4. The van der Waals surface area contributed by atoms with E-state index in [9.17, 15) is 18.4 Å². The summed E-state index contributed by atoms with van der Waals surface area (Å²) in [5.41, 5.74) is -0.0945. The monoisotopic (exact) mass is 272 g/mol. The van der Waals surface area contributed by atoms with E-state index in [-0.39, 0.29) is 11.6 Å². The van der Waals surface area contributed by atoms with E-state index in [1.54, 1.807) is 13.8 Å². The van der Waals surface area contributed by atoms with Gasteiger partial charge < -0.3 is 15.7 Å². The van der Waals surface area contributed by atoms with Crippen LogP contribution in [0, 0.1) is 17.6 Å². The number of anilines is 1. The lowest BCUT2D eigenvalue weighted by Crippen LogP contribution is -2.46. The molecule has 0 saturated heterocycles. The van der Waals surface area contributed by atoms with Crippen molar-refractivity contribution in [3.63, 3.8) is 0 Å². The van der Waals surface area contributed by atoms with Crippen molar-refractivity contribution in [1.82, 2.24) is 5.32 Å². The van der Waals surface area contributed by atoms with E-state index in [1.807, 2.05) is 0 Å². The number of amides is 2. The Bertz CT molecular complexity index is 472. The van der Waals surface area contributed by atoms with Gasteiger partial charge in [0.2, 0.25) is 0 Å². The molecule has 1 aromatic carbocycles. The molecule has 104 valence electrons. The SMILES string of the molecule is CC(C)[C@H](NC(=O)Nc1cc(F)cc(F)c1)C(=O)O. The van der Waals surface area contributed by atoms with Gasteiger partial charge in [0.05, 0.1) is 0 Å². The number of hydrogen-bond acceptors (Lipinski definition) is 2. The zero-order valence-electron chi connectivity index (χ0n) is 10.4. The highest BCUT2D eigenvalue weighted by Crippen LogP contribution is 2.13. The van der Waals surface area contributed by atoms with Crippen molar-refractivity contribution in [2.24, 2.45) is 5.92 Å². The Labute approximate surface area is 108 Å². The summed E-state index contributed by atoms with van der Waals surface area (Å²) in [6.07, 6.45) is 0. The smallest absolute Gasteiger partial charge is 0.326 e. The third-order valence-corrected chi connectivity index (χ3v) is 2.34. The second-order valence-electron chi connectivity index (χ2n) is 4.32. The number of nitrogens with one attached hydrogen (secondary N) is 2. The second kappa shape index (κ2) is 6.12. The molecule has 1 aromatic rings. The van der Waals surface area contributed by atoms with Crippen LogP contribution in [0.3, 0.4) is 0 Å². The van der Waals surface area contributed by atoms with Crippen LogP contribution in [0.25, 0.3) is 0 Å². The van der Waals surface area contributed by atoms with Crippen molar-refractivity contribution in [2.75, 3.05) is 5.32 Å². The Balaban J connectivity index is 2.71. The first kappa shape index (κ1) is 14.9. The predicted octanol–water partition coefficient (Wildman–Crippen LogP) is 2.20. The molecule has 0 aliphatic heterocycles. The number of carboxylic acid groups (broad SMARTS) is 1. The maximum Gasteiger partial charge on any atom is 0.326 e. The topological polar surface area (TPSA) is 78.4 Å². The highest BCUT2D eigenvalue weighted by atomic mass is 19.1. The fourth-order valence-electron chi connectivity index (χ4n) is 1.45. The van der Waals surface area contributed by atoms with Gasteiger partial charge in [-0.05, 0) is 18.1 Å². The number of hydrogen-bond donors (Lipinski definition) is 3. The van der Waals surface area contributed by atoms with E-state index in [4.69, 9.17) is 5.11 Å². The lowest BCUT2D eigenvalue weighted by atomic mass is 10.1. The van der Waals surface area contributed by atoms with Crippen molar-refractivity contribution in [2.45, 2.75) is 19.9 Å². The number of rotatable bonds is 4. The molecule has 5 nitrogen and oxygen atoms in total. The first-order chi connectivity index (χ1) is 8.79. The molecule has 0 radical (unpaired) electrons. The number of carbonyl (C=O) groups is 2. The number of benzene rings is 1. The maximum atomic E-state index is 12.9. The molecule has 19 heavy (non-hydrogen) atoms. The molecule has 3 N–H and O–H groups in total. The largest absolute Gasteiger partial charge is 0.480 e. The third-order valence-electron chi connectivity index (χ3n) is 2.34. The molecule has 0 bridgehead atoms. The Morgan fingerprint density at radius 2 is 1.68 bits per heavy atom. The van der Waals surface area contributed by atoms with E-state index < -0.39 is 29.7 Å². The highest BCUT2D eigenvalue weighted by Gasteiger charge is 2.23. The lowest BCUT2D eigenvalue weighted by Gasteiger charge is -2.18. The standard InChI is InChI=1S/C12H14F2N2O3/c1-6(2)10(11(17)18)16-12(19)15-9-4-7(13)3-8(14)5-9/h3-6,10H,1-2H3,(H,17,18)(H2,15,16,19)/t10-/m0/s1. The van der Waals surface area contributed by atoms with Crippen LogP contribution in [0.1, 0.15) is 13.8 Å². The summed E-state index contributed by atoms with van der Waals surface area (Å²) in [7, 11) is 0. The minimum atomic E-state index is -1.18. The van der Waals surface area contributed by atoms with Crippen molar-refractivity contribution < 1.29 is 23.5 Å². The number of urea groups is 1. The van der Waals surface area contributed by atoms with Crippen LogP contribution in [0.4, 0.5) is 19.3 Å². The van der Waals surface area contributed by atoms with Crippen LogP contribution in [-0.4, -0.2) is 23.1 Å². The fourth-order valence-corrected chi connectivity index (χ4v) is 1.45. The Morgan fingerprint density at radius 3 is 2.11 bits per heavy atom. The predicted molar refractivity (Wildman–Crippen MR) is 64.8 cm³/mol. The molecule has 7 heteroatoms. The molecule has 0 saturated carbocycles. The number of aliphatic carboxylic acids is 1. The van der Waals surface area contributed by atoms with E-state index in [2.05, 4.69) is 10.6 Å². The molecule has 0 aliphatic rings. The summed E-state index contributed by atoms with van der Waals surface area (Å²) in [6, 6.07) is 0.586. The van der Waals surface area contributed by atoms with E-state index in [0.717, 1.165) is 12.1 Å². The highest BCUT2D eigenvalue weighted by molar-refractivity contribution is 5.92. The van der Waals surface area contributed by atoms with Crippen molar-refractivity contribution in [1.29, 1.82) is 0 Å². The molecular formula is C12H14F2N2O3. The first-order valence-electron chi connectivity index (χ1n) is 5.56. The normalized spacial score (nSPS) is 12.1. The van der Waals surface area contributed by atoms with Gasteiger partial charge in [0, 0.05) is 11.8 Å². The van der Waals surface area contributed by atoms with Gasteiger partial charge >= 0.3 is 12.0 Å². The summed E-state index contributed by atoms with van der Waals surface area (Å²) in [5.74, 6) is -3.19. The van der Waals surface area contributed by atoms with Crippen LogP contribution in [0.5, 0.6) is 0 Å². The lowest BCUT2D eigenvalue weighted by molar-refractivity contribution is -0.140. The van der Waals surface area contributed by atoms with Crippen molar-refractivity contribution in [3.8, 4) is 0 Å². The van der Waals surface area contributed by atoms with Gasteiger partial charge in [0.1, 0.15) is 17.7 Å². The average Bonchev–Trinajstić information content (AvgIpc) is 2.23. The summed E-state index contributed by atoms with van der Waals surface area (Å²) >= 11 is 0. The van der Waals surface area contributed by atoms with E-state index >= 15 is 0 Å². The number of carbonyl (C=O) groups excluding carboxylic acids is 1. The number of carboxylic acids is 1. The van der Waals surface area contributed by atoms with Crippen molar-refractivity contribution >= 4 is 17.7 Å². The number of halogens is 2. The van der Waals surface area contributed by atoms with Gasteiger partial charge in [-0.15, -0.1) is 0 Å². The molecule has 1 rings (SSSR count). The third kappa shape index (κ3) is 4.53. The van der Waals surface area contributed by atoms with Gasteiger partial charge in [-0.1, -0.05) is 13.8 Å². The summed E-state index contributed by atoms with van der Waals surface area (Å²) < 4.78 is 25.8. The van der Waals surface area contributed by atoms with E-state index in [0.29, 0.717) is 6.07 Å². The molecule has 1 atom stereocenters. The second-order valence-corrected chi connectivity index (χ2v) is 4.32. The average molecular weight is 272 g/mol. The molecule has 0 heterocycles. The zero-order chi connectivity index (χ0) is 14.6. The Kier molecular flexibility index (Phi) is 4.80. The van der Waals surface area contributed by atoms with Gasteiger partial charge in [0.25, 0.3) is 0 Å². The molecule has 0 aliphatic carbocycles. The van der Waals surface area contributed by atoms with E-state index in [1.165, 1.54) is 0 Å². The van der Waals surface area contributed by atoms with Crippen molar-refractivity contribution in [3.05, 3.63) is 29.8 Å². The van der Waals surface area contributed by atoms with Crippen LogP contribution in [0.15, 0.2) is 18.2 Å². The molecular weight excluding hydrogens is 258 g/mol. The van der Waals surface area contributed by atoms with Gasteiger partial charge in [-0.2, -0.15) is 0 Å². The maximum absolute atomic E-state index is 12.9. The van der Waals surface area contributed by atoms with Gasteiger partial charge in [-0.25, -0.2) is 18.4 Å². The zero-order valence-corrected chi connectivity index (χ0v) is 10.4. The Hall–Kier alpha value is -2.18. The molecule has 0 fully saturated rings. The van der Waals surface area contributed by atoms with Crippen LogP contribution in [-0.2, 0) is 4.79 Å². The van der Waals surface area contributed by atoms with Crippen LogP contribution < -0.4 is 10.6 Å². The molecule has 2 amide bonds. The first-order valence-corrected chi connectivity index (χ1v) is 5.56. The Morgan fingerprint density at radius 1 is 1.16 bits per heavy atom. The minimum absolute atomic E-state index is 0.0945. The van der Waals surface area contributed by atoms with Crippen LogP contribution >= 0.6 is 0 Å². The molecule has 0 spiro atoms. The molecule has 0 aromatic heterocycles. The summed E-state index contributed by atoms with van der Waals surface area (Å²) in [6.45, 7) is 3.25. The fraction of sp³-hybridized carbons (Fsp3) is 0.333. The quantitative estimate of drug-likeness (QED) is 0.786.